The van der Waals surface area contributed by atoms with Gasteiger partial charge in [0.25, 0.3) is 5.91 Å². The maximum Gasteiger partial charge on any atom is 0.253 e. The van der Waals surface area contributed by atoms with Gasteiger partial charge >= 0.3 is 0 Å². The Balaban J connectivity index is 1.87. The van der Waals surface area contributed by atoms with Crippen LogP contribution in [0, 0.1) is 6.92 Å². The first-order valence-electron chi connectivity index (χ1n) is 10.4. The van der Waals surface area contributed by atoms with Crippen LogP contribution in [0.2, 0.25) is 5.02 Å². The number of anilines is 1. The number of nitrogens with zero attached hydrogens (tertiary/aromatic N) is 3. The van der Waals surface area contributed by atoms with Gasteiger partial charge < -0.3 is 15.5 Å². The van der Waals surface area contributed by atoms with E-state index in [1.165, 1.54) is 24.6 Å². The van der Waals surface area contributed by atoms with Crippen LogP contribution in [-0.2, 0) is 4.79 Å². The van der Waals surface area contributed by atoms with Crippen molar-refractivity contribution in [3.05, 3.63) is 46.7 Å². The molecule has 1 heterocycles. The number of nitrogens with one attached hydrogen (secondary N) is 2. The first-order valence-corrected chi connectivity index (χ1v) is 11.7. The van der Waals surface area contributed by atoms with Crippen LogP contribution in [0.3, 0.4) is 0 Å². The minimum atomic E-state index is -0.261. The van der Waals surface area contributed by atoms with E-state index in [1.807, 2.05) is 6.92 Å². The SMILES string of the molecule is CCCCN(C)CCCNC(=O)c1cc(Cl)ccc1NC(=O)CSc1ncc(C)cn1. The minimum Gasteiger partial charge on any atom is -0.352 e. The van der Waals surface area contributed by atoms with E-state index in [2.05, 4.69) is 39.5 Å². The Morgan fingerprint density at radius 2 is 1.87 bits per heavy atom. The quantitative estimate of drug-likeness (QED) is 0.281. The summed E-state index contributed by atoms with van der Waals surface area (Å²) in [6.07, 6.45) is 6.60. The summed E-state index contributed by atoms with van der Waals surface area (Å²) in [5, 5.41) is 6.66. The smallest absolute Gasteiger partial charge is 0.253 e. The highest BCUT2D eigenvalue weighted by molar-refractivity contribution is 7.99. The Kier molecular flexibility index (Phi) is 10.8. The average molecular weight is 464 g/mol. The number of hydrogen-bond donors (Lipinski definition) is 2. The fraction of sp³-hybridized carbons (Fsp3) is 0.455. The third-order valence-corrected chi connectivity index (χ3v) is 5.60. The van der Waals surface area contributed by atoms with Gasteiger partial charge in [-0.25, -0.2) is 9.97 Å². The van der Waals surface area contributed by atoms with Gasteiger partial charge in [0.05, 0.1) is 17.0 Å². The molecule has 1 aromatic carbocycles. The van der Waals surface area contributed by atoms with Gasteiger partial charge in [0.15, 0.2) is 5.16 Å². The summed E-state index contributed by atoms with van der Waals surface area (Å²) in [5.41, 5.74) is 1.73. The molecule has 2 N–H and O–H groups in total. The monoisotopic (exact) mass is 463 g/mol. The van der Waals surface area contributed by atoms with Crippen LogP contribution in [-0.4, -0.2) is 59.1 Å². The third-order valence-electron chi connectivity index (χ3n) is 4.49. The number of hydrogen-bond acceptors (Lipinski definition) is 6. The predicted molar refractivity (Wildman–Crippen MR) is 127 cm³/mol. The van der Waals surface area contributed by atoms with E-state index in [-0.39, 0.29) is 17.6 Å². The number of rotatable bonds is 12. The molecule has 1 aromatic heterocycles. The largest absolute Gasteiger partial charge is 0.352 e. The van der Waals surface area contributed by atoms with E-state index in [4.69, 9.17) is 11.6 Å². The molecular weight excluding hydrogens is 434 g/mol. The van der Waals surface area contributed by atoms with Crippen LogP contribution in [0.1, 0.15) is 42.1 Å². The molecule has 7 nitrogen and oxygen atoms in total. The van der Waals surface area contributed by atoms with Crippen LogP contribution in [0.5, 0.6) is 0 Å². The maximum atomic E-state index is 12.7. The summed E-state index contributed by atoms with van der Waals surface area (Å²) in [6.45, 7) is 6.59. The zero-order chi connectivity index (χ0) is 22.6. The van der Waals surface area contributed by atoms with E-state index in [1.54, 1.807) is 30.6 Å². The Morgan fingerprint density at radius 1 is 1.16 bits per heavy atom. The van der Waals surface area contributed by atoms with Crippen LogP contribution in [0.25, 0.3) is 0 Å². The van der Waals surface area contributed by atoms with E-state index in [0.717, 1.165) is 25.1 Å². The van der Waals surface area contributed by atoms with Crippen molar-refractivity contribution < 1.29 is 9.59 Å². The molecule has 2 rings (SSSR count). The van der Waals surface area contributed by atoms with Crippen LogP contribution < -0.4 is 10.6 Å². The lowest BCUT2D eigenvalue weighted by molar-refractivity contribution is -0.113. The second-order valence-corrected chi connectivity index (χ2v) is 8.71. The number of halogens is 1. The molecule has 2 aromatic rings. The van der Waals surface area contributed by atoms with Crippen molar-refractivity contribution in [1.82, 2.24) is 20.2 Å². The fourth-order valence-corrected chi connectivity index (χ4v) is 3.53. The van der Waals surface area contributed by atoms with Gasteiger partial charge in [-0.05, 0) is 63.7 Å². The van der Waals surface area contributed by atoms with Crippen molar-refractivity contribution in [2.75, 3.05) is 37.8 Å². The highest BCUT2D eigenvalue weighted by Crippen LogP contribution is 2.21. The molecule has 0 unspecified atom stereocenters. The molecule has 2 amide bonds. The second kappa shape index (κ2) is 13.3. The van der Waals surface area contributed by atoms with Crippen LogP contribution >= 0.6 is 23.4 Å². The van der Waals surface area contributed by atoms with Crippen molar-refractivity contribution in [2.24, 2.45) is 0 Å². The van der Waals surface area contributed by atoms with Gasteiger partial charge in [0.1, 0.15) is 0 Å². The van der Waals surface area contributed by atoms with Crippen molar-refractivity contribution in [3.63, 3.8) is 0 Å². The molecule has 0 bridgehead atoms. The molecule has 0 fully saturated rings. The van der Waals surface area contributed by atoms with Gasteiger partial charge in [0.2, 0.25) is 5.91 Å². The van der Waals surface area contributed by atoms with Gasteiger partial charge in [-0.3, -0.25) is 9.59 Å². The zero-order valence-electron chi connectivity index (χ0n) is 18.3. The third kappa shape index (κ3) is 9.25. The number of aryl methyl sites for hydroxylation is 1. The summed E-state index contributed by atoms with van der Waals surface area (Å²) in [4.78, 5) is 35.6. The molecule has 168 valence electrons. The van der Waals surface area contributed by atoms with Gasteiger partial charge in [-0.1, -0.05) is 36.7 Å². The zero-order valence-corrected chi connectivity index (χ0v) is 19.9. The number of benzene rings is 1. The minimum absolute atomic E-state index is 0.136. The van der Waals surface area contributed by atoms with Crippen LogP contribution in [0.4, 0.5) is 5.69 Å². The fourth-order valence-electron chi connectivity index (χ4n) is 2.77. The topological polar surface area (TPSA) is 87.2 Å². The lowest BCUT2D eigenvalue weighted by Crippen LogP contribution is -2.29. The first kappa shape index (κ1) is 25.1. The van der Waals surface area contributed by atoms with Crippen LogP contribution in [0.15, 0.2) is 35.7 Å². The van der Waals surface area contributed by atoms with E-state index in [0.29, 0.717) is 28.0 Å². The summed E-state index contributed by atoms with van der Waals surface area (Å²) in [7, 11) is 2.09. The average Bonchev–Trinajstić information content (AvgIpc) is 2.76. The molecule has 0 atom stereocenters. The second-order valence-electron chi connectivity index (χ2n) is 7.34. The van der Waals surface area contributed by atoms with Crippen molar-refractivity contribution in [3.8, 4) is 0 Å². The summed E-state index contributed by atoms with van der Waals surface area (Å²) in [5.74, 6) is -0.372. The molecule has 9 heteroatoms. The lowest BCUT2D eigenvalue weighted by atomic mass is 10.1. The number of unbranched alkanes of at least 4 members (excludes halogenated alkanes) is 1. The Hall–Kier alpha value is -2.16. The predicted octanol–water partition coefficient (Wildman–Crippen LogP) is 4.02. The van der Waals surface area contributed by atoms with Crippen molar-refractivity contribution in [2.45, 2.75) is 38.3 Å². The highest BCUT2D eigenvalue weighted by atomic mass is 35.5. The number of carbonyl (C=O) groups excluding carboxylic acids is 2. The Morgan fingerprint density at radius 3 is 2.58 bits per heavy atom. The molecule has 0 saturated carbocycles. The molecule has 0 aliphatic rings. The van der Waals surface area contributed by atoms with E-state index < -0.39 is 0 Å². The van der Waals surface area contributed by atoms with Crippen molar-refractivity contribution >= 4 is 40.9 Å². The molecule has 0 saturated heterocycles. The molecule has 0 radical (unpaired) electrons. The Labute approximate surface area is 193 Å². The number of amides is 2. The summed E-state index contributed by atoms with van der Waals surface area (Å²) >= 11 is 7.32. The molecular formula is C22H30ClN5O2S. The number of thioether (sulfide) groups is 1. The van der Waals surface area contributed by atoms with Gasteiger partial charge in [-0.15, -0.1) is 0 Å². The molecule has 0 aliphatic carbocycles. The maximum absolute atomic E-state index is 12.7. The Bertz CT molecular complexity index is 863. The molecule has 31 heavy (non-hydrogen) atoms. The van der Waals surface area contributed by atoms with E-state index in [9.17, 15) is 9.59 Å². The van der Waals surface area contributed by atoms with Gasteiger partial charge in [0, 0.05) is 24.0 Å². The molecule has 0 aliphatic heterocycles. The highest BCUT2D eigenvalue weighted by Gasteiger charge is 2.15. The standard InChI is InChI=1S/C22H30ClN5O2S/c1-4-5-10-28(3)11-6-9-24-21(30)18-12-17(23)7-8-19(18)27-20(29)15-31-22-25-13-16(2)14-26-22/h7-8,12-14H,4-6,9-11,15H2,1-3H3,(H,24,30)(H,27,29). The molecule has 0 spiro atoms. The van der Waals surface area contributed by atoms with Gasteiger partial charge in [-0.2, -0.15) is 0 Å². The summed E-state index contributed by atoms with van der Waals surface area (Å²) < 4.78 is 0. The lowest BCUT2D eigenvalue weighted by Gasteiger charge is -2.16. The number of aromatic nitrogens is 2. The summed E-state index contributed by atoms with van der Waals surface area (Å²) in [6, 6.07) is 4.85. The van der Waals surface area contributed by atoms with Crippen molar-refractivity contribution in [1.29, 1.82) is 0 Å². The first-order chi connectivity index (χ1) is 14.9. The number of carbonyl (C=O) groups is 2. The van der Waals surface area contributed by atoms with E-state index >= 15 is 0 Å². The normalized spacial score (nSPS) is 10.9.